The standard InChI is InChI=1S/C15H28N2O/c1-6-12-14(18)17(13(16-12)9-10(2)3)15(4,5)11-7-8-11/h10-13,16H,6-9H2,1-5H3. The molecule has 1 saturated carbocycles. The molecule has 0 radical (unpaired) electrons. The van der Waals surface area contributed by atoms with E-state index in [0.717, 1.165) is 12.8 Å². The Labute approximate surface area is 111 Å². The number of carbonyl (C=O) groups is 1. The van der Waals surface area contributed by atoms with E-state index >= 15 is 0 Å². The van der Waals surface area contributed by atoms with Gasteiger partial charge in [0.05, 0.1) is 12.2 Å². The summed E-state index contributed by atoms with van der Waals surface area (Å²) in [6.45, 7) is 11.0. The van der Waals surface area contributed by atoms with Gasteiger partial charge >= 0.3 is 0 Å². The van der Waals surface area contributed by atoms with Crippen LogP contribution in [0.5, 0.6) is 0 Å². The van der Waals surface area contributed by atoms with Crippen LogP contribution in [0.2, 0.25) is 0 Å². The van der Waals surface area contributed by atoms with Crippen molar-refractivity contribution in [1.82, 2.24) is 10.2 Å². The first-order valence-electron chi connectivity index (χ1n) is 7.47. The topological polar surface area (TPSA) is 32.3 Å². The fraction of sp³-hybridized carbons (Fsp3) is 0.933. The van der Waals surface area contributed by atoms with E-state index in [9.17, 15) is 4.79 Å². The van der Waals surface area contributed by atoms with Gasteiger partial charge in [0.25, 0.3) is 0 Å². The third kappa shape index (κ3) is 2.42. The molecule has 104 valence electrons. The maximum Gasteiger partial charge on any atom is 0.241 e. The number of hydrogen-bond acceptors (Lipinski definition) is 2. The van der Waals surface area contributed by atoms with Gasteiger partial charge in [0.15, 0.2) is 0 Å². The molecule has 0 bridgehead atoms. The lowest BCUT2D eigenvalue weighted by Crippen LogP contribution is -2.52. The molecule has 2 atom stereocenters. The normalized spacial score (nSPS) is 29.4. The van der Waals surface area contributed by atoms with Crippen molar-refractivity contribution >= 4 is 5.91 Å². The lowest BCUT2D eigenvalue weighted by atomic mass is 9.94. The zero-order valence-electron chi connectivity index (χ0n) is 12.5. The Kier molecular flexibility index (Phi) is 3.72. The number of nitrogens with zero attached hydrogens (tertiary/aromatic N) is 1. The first kappa shape index (κ1) is 13.9. The smallest absolute Gasteiger partial charge is 0.241 e. The molecule has 1 aliphatic heterocycles. The Bertz CT molecular complexity index is 320. The van der Waals surface area contributed by atoms with E-state index in [1.54, 1.807) is 0 Å². The first-order valence-corrected chi connectivity index (χ1v) is 7.47. The second-order valence-corrected chi connectivity index (χ2v) is 6.91. The van der Waals surface area contributed by atoms with Gasteiger partial charge in [0, 0.05) is 5.54 Å². The van der Waals surface area contributed by atoms with E-state index in [0.29, 0.717) is 17.7 Å². The van der Waals surface area contributed by atoms with E-state index in [2.05, 4.69) is 44.8 Å². The minimum Gasteiger partial charge on any atom is -0.320 e. The minimum absolute atomic E-state index is 0.0214. The molecular weight excluding hydrogens is 224 g/mol. The lowest BCUT2D eigenvalue weighted by molar-refractivity contribution is -0.136. The van der Waals surface area contributed by atoms with E-state index in [1.807, 2.05) is 0 Å². The van der Waals surface area contributed by atoms with Gasteiger partial charge in [-0.2, -0.15) is 0 Å². The molecule has 3 nitrogen and oxygen atoms in total. The summed E-state index contributed by atoms with van der Waals surface area (Å²) in [6.07, 6.45) is 4.74. The number of nitrogens with one attached hydrogen (secondary N) is 1. The third-order valence-corrected chi connectivity index (χ3v) is 4.54. The highest BCUT2D eigenvalue weighted by Gasteiger charge is 2.51. The Morgan fingerprint density at radius 1 is 1.39 bits per heavy atom. The van der Waals surface area contributed by atoms with Gasteiger partial charge in [-0.3, -0.25) is 10.1 Å². The second kappa shape index (κ2) is 4.84. The molecule has 1 heterocycles. The Hall–Kier alpha value is -0.570. The zero-order valence-corrected chi connectivity index (χ0v) is 12.5. The van der Waals surface area contributed by atoms with Gasteiger partial charge in [-0.05, 0) is 51.4 Å². The summed E-state index contributed by atoms with van der Waals surface area (Å²) < 4.78 is 0. The fourth-order valence-corrected chi connectivity index (χ4v) is 3.28. The molecule has 3 heteroatoms. The maximum absolute atomic E-state index is 12.6. The molecule has 1 N–H and O–H groups in total. The summed E-state index contributed by atoms with van der Waals surface area (Å²) in [5.41, 5.74) is 0.0214. The fourth-order valence-electron chi connectivity index (χ4n) is 3.28. The molecule has 0 aromatic carbocycles. The summed E-state index contributed by atoms with van der Waals surface area (Å²) in [4.78, 5) is 14.7. The zero-order chi connectivity index (χ0) is 13.5. The molecule has 1 aliphatic carbocycles. The molecule has 2 rings (SSSR count). The third-order valence-electron chi connectivity index (χ3n) is 4.54. The first-order chi connectivity index (χ1) is 8.37. The van der Waals surface area contributed by atoms with Gasteiger partial charge in [-0.15, -0.1) is 0 Å². The van der Waals surface area contributed by atoms with Crippen LogP contribution in [0.15, 0.2) is 0 Å². The number of hydrogen-bond donors (Lipinski definition) is 1. The number of amides is 1. The average molecular weight is 252 g/mol. The van der Waals surface area contributed by atoms with Crippen LogP contribution in [0.4, 0.5) is 0 Å². The van der Waals surface area contributed by atoms with Crippen molar-refractivity contribution in [1.29, 1.82) is 0 Å². The SMILES string of the molecule is CCC1NC(CC(C)C)N(C(C)(C)C2CC2)C1=O. The highest BCUT2D eigenvalue weighted by Crippen LogP contribution is 2.45. The quantitative estimate of drug-likeness (QED) is 0.816. The Balaban J connectivity index is 2.19. The summed E-state index contributed by atoms with van der Waals surface area (Å²) >= 11 is 0. The van der Waals surface area contributed by atoms with Crippen LogP contribution >= 0.6 is 0 Å². The van der Waals surface area contributed by atoms with Crippen LogP contribution < -0.4 is 5.32 Å². The van der Waals surface area contributed by atoms with Crippen LogP contribution in [-0.4, -0.2) is 28.6 Å². The van der Waals surface area contributed by atoms with Gasteiger partial charge in [0.1, 0.15) is 0 Å². The maximum atomic E-state index is 12.6. The minimum atomic E-state index is 0.0214. The molecule has 2 unspecified atom stereocenters. The number of carbonyl (C=O) groups excluding carboxylic acids is 1. The Morgan fingerprint density at radius 2 is 2.00 bits per heavy atom. The summed E-state index contributed by atoms with van der Waals surface area (Å²) in [5.74, 6) is 1.64. The highest BCUT2D eigenvalue weighted by molar-refractivity contribution is 5.85. The lowest BCUT2D eigenvalue weighted by Gasteiger charge is -2.40. The molecule has 0 aromatic rings. The molecule has 0 aromatic heterocycles. The van der Waals surface area contributed by atoms with Gasteiger partial charge < -0.3 is 4.90 Å². The van der Waals surface area contributed by atoms with Crippen molar-refractivity contribution < 1.29 is 4.79 Å². The average Bonchev–Trinajstić information content (AvgIpc) is 3.04. The van der Waals surface area contributed by atoms with Crippen LogP contribution in [0.25, 0.3) is 0 Å². The number of rotatable bonds is 5. The van der Waals surface area contributed by atoms with Crippen molar-refractivity contribution in [2.45, 2.75) is 78.0 Å². The molecule has 2 aliphatic rings. The molecule has 18 heavy (non-hydrogen) atoms. The van der Waals surface area contributed by atoms with Gasteiger partial charge in [-0.1, -0.05) is 20.8 Å². The van der Waals surface area contributed by atoms with E-state index in [1.165, 1.54) is 12.8 Å². The summed E-state index contributed by atoms with van der Waals surface area (Å²) in [5, 5.41) is 3.54. The molecule has 1 amide bonds. The van der Waals surface area contributed by atoms with Crippen LogP contribution in [0.1, 0.15) is 60.3 Å². The van der Waals surface area contributed by atoms with Crippen LogP contribution in [0, 0.1) is 11.8 Å². The Morgan fingerprint density at radius 3 is 2.44 bits per heavy atom. The summed E-state index contributed by atoms with van der Waals surface area (Å²) in [6, 6.07) is 0.0341. The van der Waals surface area contributed by atoms with Crippen molar-refractivity contribution in [2.24, 2.45) is 11.8 Å². The van der Waals surface area contributed by atoms with Crippen molar-refractivity contribution in [3.05, 3.63) is 0 Å². The predicted octanol–water partition coefficient (Wildman–Crippen LogP) is 2.76. The molecule has 2 fully saturated rings. The van der Waals surface area contributed by atoms with Crippen LogP contribution in [-0.2, 0) is 4.79 Å². The van der Waals surface area contributed by atoms with E-state index in [4.69, 9.17) is 0 Å². The van der Waals surface area contributed by atoms with Crippen molar-refractivity contribution in [3.8, 4) is 0 Å². The second-order valence-electron chi connectivity index (χ2n) is 6.91. The molecule has 0 spiro atoms. The van der Waals surface area contributed by atoms with Gasteiger partial charge in [0.2, 0.25) is 5.91 Å². The van der Waals surface area contributed by atoms with Crippen LogP contribution in [0.3, 0.4) is 0 Å². The monoisotopic (exact) mass is 252 g/mol. The highest BCUT2D eigenvalue weighted by atomic mass is 16.2. The largest absolute Gasteiger partial charge is 0.320 e. The van der Waals surface area contributed by atoms with Crippen molar-refractivity contribution in [2.75, 3.05) is 0 Å². The molecular formula is C15H28N2O. The van der Waals surface area contributed by atoms with E-state index in [-0.39, 0.29) is 17.7 Å². The van der Waals surface area contributed by atoms with E-state index < -0.39 is 0 Å². The van der Waals surface area contributed by atoms with Crippen molar-refractivity contribution in [3.63, 3.8) is 0 Å². The van der Waals surface area contributed by atoms with Gasteiger partial charge in [-0.25, -0.2) is 0 Å². The predicted molar refractivity (Wildman–Crippen MR) is 74.1 cm³/mol. The molecule has 1 saturated heterocycles. The summed E-state index contributed by atoms with van der Waals surface area (Å²) in [7, 11) is 0.